The van der Waals surface area contributed by atoms with Crippen LogP contribution in [0.4, 0.5) is 0 Å². The molecule has 1 aromatic heterocycles. The van der Waals surface area contributed by atoms with Gasteiger partial charge in [-0.2, -0.15) is 0 Å². The first-order valence-corrected chi connectivity index (χ1v) is 10.4. The van der Waals surface area contributed by atoms with Crippen LogP contribution in [0.25, 0.3) is 0 Å². The van der Waals surface area contributed by atoms with Gasteiger partial charge in [0.05, 0.1) is 11.9 Å². The molecule has 0 saturated heterocycles. The van der Waals surface area contributed by atoms with Crippen LogP contribution >= 0.6 is 15.9 Å². The zero-order valence-corrected chi connectivity index (χ0v) is 13.7. The van der Waals surface area contributed by atoms with E-state index in [0.717, 1.165) is 23.6 Å². The molecule has 17 heavy (non-hydrogen) atoms. The Morgan fingerprint density at radius 3 is 2.76 bits per heavy atom. The van der Waals surface area contributed by atoms with E-state index < -0.39 is 8.07 Å². The van der Waals surface area contributed by atoms with Crippen molar-refractivity contribution in [2.75, 3.05) is 13.7 Å². The first kappa shape index (κ1) is 14.9. The van der Waals surface area contributed by atoms with Crippen molar-refractivity contribution in [3.05, 3.63) is 16.6 Å². The largest absolute Gasteiger partial charge is 0.361 e. The van der Waals surface area contributed by atoms with Gasteiger partial charge >= 0.3 is 0 Å². The van der Waals surface area contributed by atoms with Crippen molar-refractivity contribution >= 4 is 24.0 Å². The van der Waals surface area contributed by atoms with Crippen LogP contribution in [0.1, 0.15) is 5.69 Å². The molecule has 1 rings (SSSR count). The average molecular weight is 320 g/mol. The molecule has 0 atom stereocenters. The van der Waals surface area contributed by atoms with Gasteiger partial charge in [0.15, 0.2) is 4.73 Å². The molecule has 0 aliphatic heterocycles. The quantitative estimate of drug-likeness (QED) is 0.620. The Kier molecular flexibility index (Phi) is 5.85. The van der Waals surface area contributed by atoms with Crippen molar-refractivity contribution < 1.29 is 4.74 Å². The molecule has 0 fully saturated rings. The highest BCUT2D eigenvalue weighted by molar-refractivity contribution is 9.10. The van der Waals surface area contributed by atoms with Gasteiger partial charge < -0.3 is 10.1 Å². The molecule has 0 aromatic carbocycles. The third kappa shape index (κ3) is 5.33. The molecule has 4 nitrogen and oxygen atoms in total. The summed E-state index contributed by atoms with van der Waals surface area (Å²) in [6.45, 7) is 9.28. The van der Waals surface area contributed by atoms with E-state index in [-0.39, 0.29) is 0 Å². The summed E-state index contributed by atoms with van der Waals surface area (Å²) in [7, 11) is 0.932. The predicted molar refractivity (Wildman–Crippen MR) is 76.8 cm³/mol. The van der Waals surface area contributed by atoms with Crippen molar-refractivity contribution in [2.45, 2.75) is 39.0 Å². The van der Waals surface area contributed by atoms with Gasteiger partial charge in [0.1, 0.15) is 6.73 Å². The zero-order chi connectivity index (χ0) is 12.9. The van der Waals surface area contributed by atoms with Gasteiger partial charge in [0, 0.05) is 21.2 Å². The molecule has 0 saturated carbocycles. The molecule has 0 aliphatic carbocycles. The standard InChI is InChI=1S/C11H22BrN3OSi/c1-13-7-10-8-14-11(12)15(10)9-16-5-6-17(2,3)4/h8,13H,5-7,9H2,1-4H3. The number of nitrogens with one attached hydrogen (secondary N) is 1. The van der Waals surface area contributed by atoms with Crippen LogP contribution in [-0.4, -0.2) is 31.3 Å². The minimum Gasteiger partial charge on any atom is -0.361 e. The van der Waals surface area contributed by atoms with E-state index >= 15 is 0 Å². The van der Waals surface area contributed by atoms with Crippen LogP contribution in [0.3, 0.4) is 0 Å². The lowest BCUT2D eigenvalue weighted by molar-refractivity contribution is 0.0836. The topological polar surface area (TPSA) is 39.1 Å². The molecule has 0 amide bonds. The SMILES string of the molecule is CNCc1cnc(Br)n1COCC[Si](C)(C)C. The molecule has 0 spiro atoms. The Morgan fingerprint density at radius 2 is 2.18 bits per heavy atom. The Bertz CT molecular complexity index is 349. The van der Waals surface area contributed by atoms with Crippen molar-refractivity contribution in [2.24, 2.45) is 0 Å². The number of hydrogen-bond donors (Lipinski definition) is 1. The minimum atomic E-state index is -0.996. The first-order valence-electron chi connectivity index (χ1n) is 5.86. The molecule has 1 aromatic rings. The first-order chi connectivity index (χ1) is 7.94. The Hall–Kier alpha value is -0.173. The third-order valence-electron chi connectivity index (χ3n) is 2.46. The van der Waals surface area contributed by atoms with Gasteiger partial charge in [-0.3, -0.25) is 4.57 Å². The Morgan fingerprint density at radius 1 is 1.47 bits per heavy atom. The van der Waals surface area contributed by atoms with Crippen LogP contribution in [0.2, 0.25) is 25.7 Å². The van der Waals surface area contributed by atoms with Crippen LogP contribution in [0, 0.1) is 0 Å². The number of aromatic nitrogens is 2. The number of rotatable bonds is 7. The Labute approximate surface area is 113 Å². The van der Waals surface area contributed by atoms with E-state index in [1.807, 2.05) is 17.8 Å². The Balaban J connectivity index is 2.43. The second-order valence-electron chi connectivity index (χ2n) is 5.32. The summed E-state index contributed by atoms with van der Waals surface area (Å²) >= 11 is 3.43. The number of hydrogen-bond acceptors (Lipinski definition) is 3. The second-order valence-corrected chi connectivity index (χ2v) is 11.7. The summed E-state index contributed by atoms with van der Waals surface area (Å²) in [6.07, 6.45) is 1.86. The fourth-order valence-electron chi connectivity index (χ4n) is 1.38. The molecule has 0 aliphatic rings. The maximum Gasteiger partial charge on any atom is 0.179 e. The monoisotopic (exact) mass is 319 g/mol. The van der Waals surface area contributed by atoms with Crippen molar-refractivity contribution in [1.29, 1.82) is 0 Å². The summed E-state index contributed by atoms with van der Waals surface area (Å²) in [5, 5.41) is 3.12. The lowest BCUT2D eigenvalue weighted by Gasteiger charge is -2.16. The van der Waals surface area contributed by atoms with E-state index in [4.69, 9.17) is 4.74 Å². The van der Waals surface area contributed by atoms with Crippen LogP contribution in [0.5, 0.6) is 0 Å². The van der Waals surface area contributed by atoms with Crippen LogP contribution in [0.15, 0.2) is 10.9 Å². The zero-order valence-electron chi connectivity index (χ0n) is 11.1. The van der Waals surface area contributed by atoms with Crippen molar-refractivity contribution in [3.8, 4) is 0 Å². The third-order valence-corrected chi connectivity index (χ3v) is 4.80. The van der Waals surface area contributed by atoms with Crippen molar-refractivity contribution in [1.82, 2.24) is 14.9 Å². The number of nitrogens with zero attached hydrogens (tertiary/aromatic N) is 2. The highest BCUT2D eigenvalue weighted by Crippen LogP contribution is 2.13. The molecule has 98 valence electrons. The van der Waals surface area contributed by atoms with Gasteiger partial charge in [-0.1, -0.05) is 19.6 Å². The molecular weight excluding hydrogens is 298 g/mol. The molecular formula is C11H22BrN3OSi. The fraction of sp³-hybridized carbons (Fsp3) is 0.727. The van der Waals surface area contributed by atoms with Gasteiger partial charge in [0.25, 0.3) is 0 Å². The van der Waals surface area contributed by atoms with Gasteiger partial charge in [-0.15, -0.1) is 0 Å². The van der Waals surface area contributed by atoms with Crippen molar-refractivity contribution in [3.63, 3.8) is 0 Å². The maximum atomic E-state index is 5.72. The molecule has 0 bridgehead atoms. The van der Waals surface area contributed by atoms with E-state index in [1.54, 1.807) is 0 Å². The molecule has 1 heterocycles. The van der Waals surface area contributed by atoms with Crippen LogP contribution < -0.4 is 5.32 Å². The smallest absolute Gasteiger partial charge is 0.179 e. The summed E-state index contributed by atoms with van der Waals surface area (Å²) in [5.41, 5.74) is 1.13. The van der Waals surface area contributed by atoms with E-state index in [9.17, 15) is 0 Å². The summed E-state index contributed by atoms with van der Waals surface area (Å²) < 4.78 is 8.59. The minimum absolute atomic E-state index is 0.572. The normalized spacial score (nSPS) is 12.1. The predicted octanol–water partition coefficient (Wildman–Crippen LogP) is 2.68. The summed E-state index contributed by atoms with van der Waals surface area (Å²) in [4.78, 5) is 4.23. The highest BCUT2D eigenvalue weighted by atomic mass is 79.9. The lowest BCUT2D eigenvalue weighted by atomic mass is 10.5. The number of imidazole rings is 1. The van der Waals surface area contributed by atoms with E-state index in [0.29, 0.717) is 6.73 Å². The van der Waals surface area contributed by atoms with Gasteiger partial charge in [-0.25, -0.2) is 4.98 Å². The summed E-state index contributed by atoms with van der Waals surface area (Å²) in [5.74, 6) is 0. The highest BCUT2D eigenvalue weighted by Gasteiger charge is 2.12. The molecule has 0 unspecified atom stereocenters. The lowest BCUT2D eigenvalue weighted by Crippen LogP contribution is -2.22. The summed E-state index contributed by atoms with van der Waals surface area (Å²) in [6, 6.07) is 1.20. The fourth-order valence-corrected chi connectivity index (χ4v) is 2.57. The number of halogens is 1. The number of ether oxygens (including phenoxy) is 1. The van der Waals surface area contributed by atoms with Gasteiger partial charge in [0.2, 0.25) is 0 Å². The second kappa shape index (κ2) is 6.68. The average Bonchev–Trinajstić information content (AvgIpc) is 2.55. The molecule has 0 radical (unpaired) electrons. The van der Waals surface area contributed by atoms with E-state index in [2.05, 4.69) is 45.9 Å². The van der Waals surface area contributed by atoms with Gasteiger partial charge in [-0.05, 0) is 29.0 Å². The van der Waals surface area contributed by atoms with E-state index in [1.165, 1.54) is 6.04 Å². The maximum absolute atomic E-state index is 5.72. The molecule has 6 heteroatoms. The van der Waals surface area contributed by atoms with Crippen LogP contribution in [-0.2, 0) is 18.0 Å². The molecule has 1 N–H and O–H groups in total.